The Hall–Kier alpha value is -2.02. The van der Waals surface area contributed by atoms with Crippen LogP contribution in [0.5, 0.6) is 5.88 Å². The van der Waals surface area contributed by atoms with Crippen molar-refractivity contribution in [3.05, 3.63) is 17.7 Å². The van der Waals surface area contributed by atoms with E-state index in [9.17, 15) is 4.79 Å². The van der Waals surface area contributed by atoms with Crippen molar-refractivity contribution in [1.82, 2.24) is 15.2 Å². The van der Waals surface area contributed by atoms with Crippen LogP contribution in [0.15, 0.2) is 12.1 Å². The lowest BCUT2D eigenvalue weighted by atomic mass is 10.2. The summed E-state index contributed by atoms with van der Waals surface area (Å²) in [5.41, 5.74) is 0.620. The first-order chi connectivity index (χ1) is 11.8. The molecule has 2 aliphatic rings. The molecule has 1 N–H and O–H groups in total. The van der Waals surface area contributed by atoms with Crippen molar-refractivity contribution >= 4 is 11.9 Å². The maximum Gasteiger partial charge on any atom is 0.410 e. The van der Waals surface area contributed by atoms with Crippen LogP contribution >= 0.6 is 0 Å². The Morgan fingerprint density at radius 3 is 2.68 bits per heavy atom. The van der Waals surface area contributed by atoms with E-state index in [0.717, 1.165) is 37.6 Å². The zero-order chi connectivity index (χ0) is 18.0. The Balaban J connectivity index is 1.62. The molecular weight excluding hydrogens is 320 g/mol. The Bertz CT molecular complexity index is 621. The van der Waals surface area contributed by atoms with Gasteiger partial charge in [0.1, 0.15) is 17.5 Å². The summed E-state index contributed by atoms with van der Waals surface area (Å²) in [7, 11) is 0. The Morgan fingerprint density at radius 1 is 1.28 bits per heavy atom. The average Bonchev–Trinajstić information content (AvgIpc) is 2.73. The minimum absolute atomic E-state index is 0.105. The van der Waals surface area contributed by atoms with Crippen LogP contribution in [0, 0.1) is 0 Å². The van der Waals surface area contributed by atoms with E-state index in [1.807, 2.05) is 33.8 Å². The number of carbonyl (C=O) groups is 1. The fourth-order valence-corrected chi connectivity index (χ4v) is 2.96. The lowest BCUT2D eigenvalue weighted by molar-refractivity contribution is 0.0240. The van der Waals surface area contributed by atoms with Crippen molar-refractivity contribution in [2.45, 2.75) is 45.9 Å². The third-order valence-corrected chi connectivity index (χ3v) is 4.24. The van der Waals surface area contributed by atoms with Crippen molar-refractivity contribution in [3.8, 4) is 5.88 Å². The van der Waals surface area contributed by atoms with Crippen LogP contribution in [-0.4, -0.2) is 60.4 Å². The number of hydrogen-bond acceptors (Lipinski definition) is 6. The summed E-state index contributed by atoms with van der Waals surface area (Å²) in [6, 6.07) is 4.10. The second-order valence-electron chi connectivity index (χ2n) is 7.65. The minimum Gasteiger partial charge on any atom is -0.473 e. The SMILES string of the molecule is CC1CNCc2ccc(N3CCN(C(=O)OC(C)(C)C)CC3)nc2O1. The van der Waals surface area contributed by atoms with Crippen molar-refractivity contribution < 1.29 is 14.3 Å². The lowest BCUT2D eigenvalue weighted by Gasteiger charge is -2.36. The quantitative estimate of drug-likeness (QED) is 0.837. The third kappa shape index (κ3) is 4.54. The number of rotatable bonds is 1. The van der Waals surface area contributed by atoms with Crippen molar-refractivity contribution in [2.75, 3.05) is 37.6 Å². The molecule has 0 saturated carbocycles. The summed E-state index contributed by atoms with van der Waals surface area (Å²) in [5.74, 6) is 1.61. The van der Waals surface area contributed by atoms with Gasteiger partial charge < -0.3 is 24.6 Å². The van der Waals surface area contributed by atoms with Crippen LogP contribution in [0.3, 0.4) is 0 Å². The normalized spacial score (nSPS) is 21.2. The first-order valence-electron chi connectivity index (χ1n) is 8.92. The molecule has 1 atom stereocenters. The molecule has 1 aromatic rings. The summed E-state index contributed by atoms with van der Waals surface area (Å²) in [6.07, 6.45) is -0.140. The van der Waals surface area contributed by atoms with Gasteiger partial charge in [-0.2, -0.15) is 4.98 Å². The van der Waals surface area contributed by atoms with Crippen molar-refractivity contribution in [1.29, 1.82) is 0 Å². The molecule has 0 aromatic carbocycles. The number of nitrogens with one attached hydrogen (secondary N) is 1. The maximum absolute atomic E-state index is 12.2. The molecule has 7 heteroatoms. The largest absolute Gasteiger partial charge is 0.473 e. The van der Waals surface area contributed by atoms with Crippen molar-refractivity contribution in [2.24, 2.45) is 0 Å². The summed E-state index contributed by atoms with van der Waals surface area (Å²) < 4.78 is 11.4. The Morgan fingerprint density at radius 2 is 2.00 bits per heavy atom. The molecule has 0 bridgehead atoms. The highest BCUT2D eigenvalue weighted by molar-refractivity contribution is 5.68. The zero-order valence-electron chi connectivity index (χ0n) is 15.5. The number of carbonyl (C=O) groups excluding carboxylic acids is 1. The maximum atomic E-state index is 12.2. The van der Waals surface area contributed by atoms with E-state index >= 15 is 0 Å². The van der Waals surface area contributed by atoms with E-state index in [2.05, 4.69) is 16.3 Å². The van der Waals surface area contributed by atoms with Gasteiger partial charge in [0.15, 0.2) is 0 Å². The number of hydrogen-bond donors (Lipinski definition) is 1. The van der Waals surface area contributed by atoms with E-state index in [4.69, 9.17) is 14.5 Å². The smallest absolute Gasteiger partial charge is 0.410 e. The van der Waals surface area contributed by atoms with Gasteiger partial charge in [-0.25, -0.2) is 4.79 Å². The van der Waals surface area contributed by atoms with Gasteiger partial charge in [-0.1, -0.05) is 0 Å². The monoisotopic (exact) mass is 348 g/mol. The van der Waals surface area contributed by atoms with Gasteiger partial charge in [0.25, 0.3) is 0 Å². The van der Waals surface area contributed by atoms with Gasteiger partial charge in [0, 0.05) is 44.8 Å². The van der Waals surface area contributed by atoms with E-state index in [1.165, 1.54) is 0 Å². The molecule has 0 aliphatic carbocycles. The molecule has 3 heterocycles. The topological polar surface area (TPSA) is 66.9 Å². The number of pyridine rings is 1. The molecule has 7 nitrogen and oxygen atoms in total. The van der Waals surface area contributed by atoms with Gasteiger partial charge >= 0.3 is 6.09 Å². The molecule has 138 valence electrons. The third-order valence-electron chi connectivity index (χ3n) is 4.24. The molecule has 25 heavy (non-hydrogen) atoms. The minimum atomic E-state index is -0.463. The molecule has 1 unspecified atom stereocenters. The zero-order valence-corrected chi connectivity index (χ0v) is 15.5. The Kier molecular flexibility index (Phi) is 5.03. The number of ether oxygens (including phenoxy) is 2. The summed E-state index contributed by atoms with van der Waals surface area (Å²) >= 11 is 0. The van der Waals surface area contributed by atoms with Crippen LogP contribution in [0.1, 0.15) is 33.3 Å². The number of aromatic nitrogens is 1. The van der Waals surface area contributed by atoms with Crippen LogP contribution in [0.25, 0.3) is 0 Å². The molecule has 3 rings (SSSR count). The Labute approximate surface area is 149 Å². The standard InChI is InChI=1S/C18H28N4O3/c1-13-11-19-12-14-5-6-15(20-16(14)24-13)21-7-9-22(10-8-21)17(23)25-18(2,3)4/h5-6,13,19H,7-12H2,1-4H3. The summed E-state index contributed by atoms with van der Waals surface area (Å²) in [5, 5.41) is 3.35. The van der Waals surface area contributed by atoms with Crippen LogP contribution < -0.4 is 15.0 Å². The first kappa shape index (κ1) is 17.8. The molecule has 1 saturated heterocycles. The molecule has 1 aromatic heterocycles. The van der Waals surface area contributed by atoms with Crippen LogP contribution in [0.4, 0.5) is 10.6 Å². The van der Waals surface area contributed by atoms with Crippen LogP contribution in [0.2, 0.25) is 0 Å². The molecule has 2 aliphatic heterocycles. The van der Waals surface area contributed by atoms with E-state index < -0.39 is 5.60 Å². The fraction of sp³-hybridized carbons (Fsp3) is 0.667. The van der Waals surface area contributed by atoms with Gasteiger partial charge in [-0.3, -0.25) is 0 Å². The molecule has 1 amide bonds. The molecule has 1 fully saturated rings. The number of piperazine rings is 1. The van der Waals surface area contributed by atoms with Crippen molar-refractivity contribution in [3.63, 3.8) is 0 Å². The predicted octanol–water partition coefficient (Wildman–Crippen LogP) is 2.01. The highest BCUT2D eigenvalue weighted by Crippen LogP contribution is 2.24. The molecule has 0 radical (unpaired) electrons. The number of fused-ring (bicyclic) bond motifs is 1. The fourth-order valence-electron chi connectivity index (χ4n) is 2.96. The number of anilines is 1. The predicted molar refractivity (Wildman–Crippen MR) is 96.1 cm³/mol. The highest BCUT2D eigenvalue weighted by Gasteiger charge is 2.27. The highest BCUT2D eigenvalue weighted by atomic mass is 16.6. The molecule has 0 spiro atoms. The van der Waals surface area contributed by atoms with Gasteiger partial charge in [-0.15, -0.1) is 0 Å². The average molecular weight is 348 g/mol. The van der Waals surface area contributed by atoms with E-state index in [1.54, 1.807) is 4.90 Å². The molecular formula is C18H28N4O3. The second-order valence-corrected chi connectivity index (χ2v) is 7.65. The van der Waals surface area contributed by atoms with Gasteiger partial charge in [0.2, 0.25) is 5.88 Å². The second kappa shape index (κ2) is 7.07. The van der Waals surface area contributed by atoms with Gasteiger partial charge in [-0.05, 0) is 39.8 Å². The van der Waals surface area contributed by atoms with Crippen LogP contribution in [-0.2, 0) is 11.3 Å². The number of nitrogens with zero attached hydrogens (tertiary/aromatic N) is 3. The van der Waals surface area contributed by atoms with Gasteiger partial charge in [0.05, 0.1) is 0 Å². The summed E-state index contributed by atoms with van der Waals surface area (Å²) in [4.78, 5) is 20.8. The number of amides is 1. The first-order valence-corrected chi connectivity index (χ1v) is 8.92. The van der Waals surface area contributed by atoms with E-state index in [-0.39, 0.29) is 12.2 Å². The van der Waals surface area contributed by atoms with E-state index in [0.29, 0.717) is 19.0 Å². The summed E-state index contributed by atoms with van der Waals surface area (Å²) in [6.45, 7) is 12.0. The lowest BCUT2D eigenvalue weighted by Crippen LogP contribution is -2.50.